The number of nitrogens with zero attached hydrogens (tertiary/aromatic N) is 3. The Hall–Kier alpha value is -1.66. The summed E-state index contributed by atoms with van der Waals surface area (Å²) in [6, 6.07) is 6.60. The molecule has 1 fully saturated rings. The van der Waals surface area contributed by atoms with Crippen molar-refractivity contribution in [2.75, 3.05) is 52.9 Å². The van der Waals surface area contributed by atoms with Crippen molar-refractivity contribution >= 4 is 5.96 Å². The van der Waals surface area contributed by atoms with Crippen LogP contribution in [0.3, 0.4) is 0 Å². The normalized spacial score (nSPS) is 16.8. The highest BCUT2D eigenvalue weighted by Crippen LogP contribution is 2.05. The zero-order valence-electron chi connectivity index (χ0n) is 15.6. The van der Waals surface area contributed by atoms with Crippen LogP contribution in [0.5, 0.6) is 0 Å². The number of hydrogen-bond donors (Lipinski definition) is 2. The molecule has 1 heterocycles. The minimum Gasteiger partial charge on any atom is -0.357 e. The van der Waals surface area contributed by atoms with Gasteiger partial charge < -0.3 is 20.4 Å². The molecule has 1 aliphatic rings. The second-order valence-electron chi connectivity index (χ2n) is 6.60. The standard InChI is InChI=1S/C19H32FN5/c1-3-21-19(23-16-17-7-6-8-18(20)15-17)22-9-4-5-10-25-13-11-24(2)12-14-25/h6-8,15H,3-5,9-14,16H2,1-2H3,(H2,21,22,23). The Balaban J connectivity index is 1.66. The molecule has 1 aromatic carbocycles. The molecule has 25 heavy (non-hydrogen) atoms. The number of guanidine groups is 1. The molecule has 0 aliphatic carbocycles. The molecule has 0 spiro atoms. The van der Waals surface area contributed by atoms with E-state index in [0.29, 0.717) is 6.54 Å². The van der Waals surface area contributed by atoms with Gasteiger partial charge in [0.25, 0.3) is 0 Å². The number of hydrogen-bond acceptors (Lipinski definition) is 3. The molecular formula is C19H32FN5. The molecule has 1 saturated heterocycles. The Kier molecular flexibility index (Phi) is 8.69. The van der Waals surface area contributed by atoms with Crippen LogP contribution in [0.25, 0.3) is 0 Å². The van der Waals surface area contributed by atoms with Gasteiger partial charge in [-0.2, -0.15) is 0 Å². The summed E-state index contributed by atoms with van der Waals surface area (Å²) in [4.78, 5) is 9.46. The summed E-state index contributed by atoms with van der Waals surface area (Å²) < 4.78 is 13.2. The number of piperazine rings is 1. The first kappa shape index (κ1) is 19.7. The molecule has 0 unspecified atom stereocenters. The lowest BCUT2D eigenvalue weighted by Gasteiger charge is -2.32. The Morgan fingerprint density at radius 2 is 1.96 bits per heavy atom. The number of rotatable bonds is 8. The molecule has 0 radical (unpaired) electrons. The maximum absolute atomic E-state index is 13.2. The van der Waals surface area contributed by atoms with Gasteiger partial charge in [-0.15, -0.1) is 0 Å². The van der Waals surface area contributed by atoms with Crippen molar-refractivity contribution < 1.29 is 4.39 Å². The lowest BCUT2D eigenvalue weighted by atomic mass is 10.2. The van der Waals surface area contributed by atoms with Crippen LogP contribution in [0.15, 0.2) is 29.3 Å². The van der Waals surface area contributed by atoms with Crippen molar-refractivity contribution in [3.8, 4) is 0 Å². The van der Waals surface area contributed by atoms with Gasteiger partial charge in [0.1, 0.15) is 5.82 Å². The maximum Gasteiger partial charge on any atom is 0.191 e. The summed E-state index contributed by atoms with van der Waals surface area (Å²) >= 11 is 0. The molecule has 0 bridgehead atoms. The van der Waals surface area contributed by atoms with E-state index in [1.165, 1.54) is 51.3 Å². The van der Waals surface area contributed by atoms with Crippen molar-refractivity contribution in [2.45, 2.75) is 26.3 Å². The molecular weight excluding hydrogens is 317 g/mol. The predicted molar refractivity (Wildman–Crippen MR) is 102 cm³/mol. The number of unbranched alkanes of at least 4 members (excludes halogenated alkanes) is 1. The molecule has 0 saturated carbocycles. The van der Waals surface area contributed by atoms with Gasteiger partial charge in [-0.05, 0) is 51.1 Å². The average molecular weight is 349 g/mol. The van der Waals surface area contributed by atoms with E-state index in [0.717, 1.165) is 31.0 Å². The van der Waals surface area contributed by atoms with Crippen LogP contribution >= 0.6 is 0 Å². The van der Waals surface area contributed by atoms with Crippen LogP contribution in [-0.2, 0) is 6.54 Å². The number of benzene rings is 1. The van der Waals surface area contributed by atoms with Gasteiger partial charge in [-0.1, -0.05) is 12.1 Å². The second-order valence-corrected chi connectivity index (χ2v) is 6.60. The molecule has 140 valence electrons. The van der Waals surface area contributed by atoms with Gasteiger partial charge in [0.15, 0.2) is 5.96 Å². The quantitative estimate of drug-likeness (QED) is 0.427. The highest BCUT2D eigenvalue weighted by atomic mass is 19.1. The summed E-state index contributed by atoms with van der Waals surface area (Å²) in [5.41, 5.74) is 0.882. The van der Waals surface area contributed by atoms with Crippen LogP contribution in [0, 0.1) is 5.82 Å². The van der Waals surface area contributed by atoms with E-state index in [1.54, 1.807) is 6.07 Å². The molecule has 1 aliphatic heterocycles. The monoisotopic (exact) mass is 349 g/mol. The van der Waals surface area contributed by atoms with Gasteiger partial charge in [0.05, 0.1) is 6.54 Å². The summed E-state index contributed by atoms with van der Waals surface area (Å²) in [5.74, 6) is 0.584. The highest BCUT2D eigenvalue weighted by Gasteiger charge is 2.12. The fourth-order valence-electron chi connectivity index (χ4n) is 2.89. The lowest BCUT2D eigenvalue weighted by Crippen LogP contribution is -2.44. The van der Waals surface area contributed by atoms with E-state index < -0.39 is 0 Å². The minimum atomic E-state index is -0.213. The van der Waals surface area contributed by atoms with Crippen LogP contribution in [-0.4, -0.2) is 68.6 Å². The highest BCUT2D eigenvalue weighted by molar-refractivity contribution is 5.79. The third kappa shape index (κ3) is 7.84. The molecule has 2 N–H and O–H groups in total. The number of halogens is 1. The molecule has 5 nitrogen and oxygen atoms in total. The minimum absolute atomic E-state index is 0.213. The van der Waals surface area contributed by atoms with Gasteiger partial charge >= 0.3 is 0 Å². The summed E-state index contributed by atoms with van der Waals surface area (Å²) in [7, 11) is 2.19. The third-order valence-electron chi connectivity index (χ3n) is 4.44. The molecule has 0 amide bonds. The van der Waals surface area contributed by atoms with E-state index in [4.69, 9.17) is 0 Å². The van der Waals surface area contributed by atoms with Crippen molar-refractivity contribution in [1.82, 2.24) is 20.4 Å². The van der Waals surface area contributed by atoms with Crippen LogP contribution in [0.1, 0.15) is 25.3 Å². The number of nitrogens with one attached hydrogen (secondary N) is 2. The van der Waals surface area contributed by atoms with E-state index >= 15 is 0 Å². The molecule has 2 rings (SSSR count). The first-order valence-corrected chi connectivity index (χ1v) is 9.35. The fourth-order valence-corrected chi connectivity index (χ4v) is 2.89. The summed E-state index contributed by atoms with van der Waals surface area (Å²) in [5, 5.41) is 6.61. The van der Waals surface area contributed by atoms with E-state index in [-0.39, 0.29) is 5.82 Å². The Morgan fingerprint density at radius 1 is 1.16 bits per heavy atom. The van der Waals surface area contributed by atoms with Crippen molar-refractivity contribution in [3.05, 3.63) is 35.6 Å². The predicted octanol–water partition coefficient (Wildman–Crippen LogP) is 1.91. The largest absolute Gasteiger partial charge is 0.357 e. The summed E-state index contributed by atoms with van der Waals surface area (Å²) in [6.07, 6.45) is 2.32. The van der Waals surface area contributed by atoms with Crippen molar-refractivity contribution in [1.29, 1.82) is 0 Å². The fraction of sp³-hybridized carbons (Fsp3) is 0.632. The second kappa shape index (κ2) is 11.1. The van der Waals surface area contributed by atoms with Crippen molar-refractivity contribution in [2.24, 2.45) is 4.99 Å². The van der Waals surface area contributed by atoms with Crippen LogP contribution in [0.4, 0.5) is 4.39 Å². The molecule has 0 aromatic heterocycles. The first-order chi connectivity index (χ1) is 12.2. The summed E-state index contributed by atoms with van der Waals surface area (Å²) in [6.45, 7) is 10.1. The van der Waals surface area contributed by atoms with Gasteiger partial charge in [-0.3, -0.25) is 0 Å². The van der Waals surface area contributed by atoms with E-state index in [9.17, 15) is 4.39 Å². The SMILES string of the molecule is CCNC(=NCc1cccc(F)c1)NCCCCN1CCN(C)CC1. The van der Waals surface area contributed by atoms with Crippen LogP contribution in [0.2, 0.25) is 0 Å². The van der Waals surface area contributed by atoms with Crippen molar-refractivity contribution in [3.63, 3.8) is 0 Å². The Labute approximate surface area is 151 Å². The van der Waals surface area contributed by atoms with Crippen LogP contribution < -0.4 is 10.6 Å². The zero-order chi connectivity index (χ0) is 17.9. The Morgan fingerprint density at radius 3 is 2.68 bits per heavy atom. The number of likely N-dealkylation sites (N-methyl/N-ethyl adjacent to an activating group) is 1. The smallest absolute Gasteiger partial charge is 0.191 e. The molecule has 6 heteroatoms. The third-order valence-corrected chi connectivity index (χ3v) is 4.44. The number of aliphatic imine (C=N–C) groups is 1. The Bertz CT molecular complexity index is 526. The topological polar surface area (TPSA) is 42.9 Å². The van der Waals surface area contributed by atoms with Gasteiger partial charge in [0, 0.05) is 39.3 Å². The van der Waals surface area contributed by atoms with Gasteiger partial charge in [0.2, 0.25) is 0 Å². The molecule has 1 aromatic rings. The zero-order valence-corrected chi connectivity index (χ0v) is 15.6. The lowest BCUT2D eigenvalue weighted by molar-refractivity contribution is 0.152. The van der Waals surface area contributed by atoms with Gasteiger partial charge in [-0.25, -0.2) is 9.38 Å². The van der Waals surface area contributed by atoms with E-state index in [1.807, 2.05) is 13.0 Å². The average Bonchev–Trinajstić information content (AvgIpc) is 2.61. The molecule has 0 atom stereocenters. The first-order valence-electron chi connectivity index (χ1n) is 9.35. The van der Waals surface area contributed by atoms with E-state index in [2.05, 4.69) is 32.5 Å². The maximum atomic E-state index is 13.2.